The average molecular weight is 269 g/mol. The van der Waals surface area contributed by atoms with E-state index in [1.54, 1.807) is 0 Å². The molecule has 4 rings (SSSR count). The lowest BCUT2D eigenvalue weighted by molar-refractivity contribution is 0.134. The Kier molecular flexibility index (Phi) is 2.84. The Morgan fingerprint density at radius 2 is 1.95 bits per heavy atom. The topological polar surface area (TPSA) is 42.2 Å². The quantitative estimate of drug-likeness (QED) is 0.858. The summed E-state index contributed by atoms with van der Waals surface area (Å²) in [5.41, 5.74) is 1.62. The van der Waals surface area contributed by atoms with Gasteiger partial charge in [-0.3, -0.25) is 4.90 Å². The monoisotopic (exact) mass is 269 g/mol. The minimum atomic E-state index is 0.623. The molecule has 1 spiro atoms. The first-order valence-corrected chi connectivity index (χ1v) is 7.43. The molecule has 0 unspecified atom stereocenters. The molecule has 104 valence electrons. The minimum Gasteiger partial charge on any atom is -0.419 e. The number of rotatable bonds is 3. The van der Waals surface area contributed by atoms with Crippen molar-refractivity contribution in [1.82, 2.24) is 15.1 Å². The van der Waals surface area contributed by atoms with Gasteiger partial charge in [-0.25, -0.2) is 0 Å². The molecule has 2 fully saturated rings. The Morgan fingerprint density at radius 1 is 1.10 bits per heavy atom. The molecule has 1 saturated carbocycles. The Labute approximate surface area is 118 Å². The molecule has 1 aromatic carbocycles. The molecular formula is C16H19N3O. The van der Waals surface area contributed by atoms with Crippen LogP contribution >= 0.6 is 0 Å². The normalized spacial score (nSPS) is 21.2. The van der Waals surface area contributed by atoms with Crippen LogP contribution in [0.1, 0.15) is 31.6 Å². The van der Waals surface area contributed by atoms with Gasteiger partial charge < -0.3 is 4.42 Å². The third kappa shape index (κ3) is 2.14. The van der Waals surface area contributed by atoms with E-state index in [9.17, 15) is 0 Å². The average Bonchev–Trinajstić information content (AvgIpc) is 3.07. The fraction of sp³-hybridized carbons (Fsp3) is 0.500. The fourth-order valence-electron chi connectivity index (χ4n) is 3.45. The van der Waals surface area contributed by atoms with E-state index in [0.717, 1.165) is 18.0 Å². The van der Waals surface area contributed by atoms with Gasteiger partial charge in [-0.1, -0.05) is 24.6 Å². The third-order valence-corrected chi connectivity index (χ3v) is 4.78. The predicted octanol–water partition coefficient (Wildman–Crippen LogP) is 3.11. The number of likely N-dealkylation sites (tertiary alicyclic amines) is 1. The lowest BCUT2D eigenvalue weighted by atomic mass is 9.68. The summed E-state index contributed by atoms with van der Waals surface area (Å²) in [6, 6.07) is 9.95. The van der Waals surface area contributed by atoms with E-state index in [1.165, 1.54) is 38.8 Å². The Hall–Kier alpha value is -1.68. The van der Waals surface area contributed by atoms with E-state index in [-0.39, 0.29) is 0 Å². The van der Waals surface area contributed by atoms with Crippen molar-refractivity contribution in [1.29, 1.82) is 0 Å². The second-order valence-electron chi connectivity index (χ2n) is 6.18. The Morgan fingerprint density at radius 3 is 2.65 bits per heavy atom. The molecule has 1 aliphatic carbocycles. The molecule has 0 bridgehead atoms. The standard InChI is InChI=1S/C16H19N3O/c1-2-5-13(6-3-1)15-18-17-14(20-15)11-19-10-9-16(12-19)7-4-8-16/h1-3,5-6H,4,7-12H2. The number of aromatic nitrogens is 2. The molecule has 0 amide bonds. The second-order valence-corrected chi connectivity index (χ2v) is 6.18. The summed E-state index contributed by atoms with van der Waals surface area (Å²) in [7, 11) is 0. The summed E-state index contributed by atoms with van der Waals surface area (Å²) in [5, 5.41) is 8.34. The second kappa shape index (κ2) is 4.70. The smallest absolute Gasteiger partial charge is 0.247 e. The summed E-state index contributed by atoms with van der Waals surface area (Å²) < 4.78 is 5.79. The van der Waals surface area contributed by atoms with Crippen LogP contribution in [0.2, 0.25) is 0 Å². The Balaban J connectivity index is 1.44. The van der Waals surface area contributed by atoms with Crippen molar-refractivity contribution < 1.29 is 4.42 Å². The van der Waals surface area contributed by atoms with Gasteiger partial charge in [0, 0.05) is 12.1 Å². The van der Waals surface area contributed by atoms with Crippen LogP contribution in [0.3, 0.4) is 0 Å². The summed E-state index contributed by atoms with van der Waals surface area (Å²) in [4.78, 5) is 2.46. The number of hydrogen-bond donors (Lipinski definition) is 0. The highest BCUT2D eigenvalue weighted by molar-refractivity contribution is 5.51. The van der Waals surface area contributed by atoms with Crippen molar-refractivity contribution >= 4 is 0 Å². The SMILES string of the molecule is c1ccc(-c2nnc(CN3CCC4(CCC4)C3)o2)cc1. The molecule has 0 N–H and O–H groups in total. The lowest BCUT2D eigenvalue weighted by Crippen LogP contribution is -2.32. The van der Waals surface area contributed by atoms with E-state index in [1.807, 2.05) is 30.3 Å². The largest absolute Gasteiger partial charge is 0.419 e. The van der Waals surface area contributed by atoms with Crippen LogP contribution < -0.4 is 0 Å². The molecule has 4 nitrogen and oxygen atoms in total. The highest BCUT2D eigenvalue weighted by atomic mass is 16.4. The fourth-order valence-corrected chi connectivity index (χ4v) is 3.45. The van der Waals surface area contributed by atoms with Gasteiger partial charge >= 0.3 is 0 Å². The maximum absolute atomic E-state index is 5.79. The first-order valence-electron chi connectivity index (χ1n) is 7.43. The molecule has 1 saturated heterocycles. The van der Waals surface area contributed by atoms with Crippen molar-refractivity contribution in [3.8, 4) is 11.5 Å². The molecular weight excluding hydrogens is 250 g/mol. The summed E-state index contributed by atoms with van der Waals surface area (Å²) in [5.74, 6) is 1.36. The van der Waals surface area contributed by atoms with E-state index >= 15 is 0 Å². The van der Waals surface area contributed by atoms with Crippen molar-refractivity contribution in [2.75, 3.05) is 13.1 Å². The first kappa shape index (κ1) is 12.1. The molecule has 20 heavy (non-hydrogen) atoms. The molecule has 2 aromatic rings. The summed E-state index contributed by atoms with van der Waals surface area (Å²) in [6.45, 7) is 3.17. The Bertz CT molecular complexity index is 589. The molecule has 1 aromatic heterocycles. The van der Waals surface area contributed by atoms with Crippen molar-refractivity contribution in [3.05, 3.63) is 36.2 Å². The van der Waals surface area contributed by atoms with Crippen LogP contribution in [0.25, 0.3) is 11.5 Å². The highest BCUT2D eigenvalue weighted by Crippen LogP contribution is 2.48. The zero-order valence-corrected chi connectivity index (χ0v) is 11.6. The van der Waals surface area contributed by atoms with Gasteiger partial charge in [0.05, 0.1) is 6.54 Å². The van der Waals surface area contributed by atoms with Gasteiger partial charge in [0.1, 0.15) is 0 Å². The van der Waals surface area contributed by atoms with Crippen LogP contribution in [-0.2, 0) is 6.54 Å². The summed E-state index contributed by atoms with van der Waals surface area (Å²) in [6.07, 6.45) is 5.56. The van der Waals surface area contributed by atoms with Crippen LogP contribution in [0.4, 0.5) is 0 Å². The molecule has 4 heteroatoms. The zero-order chi connectivity index (χ0) is 13.4. The molecule has 0 radical (unpaired) electrons. The van der Waals surface area contributed by atoms with Crippen molar-refractivity contribution in [2.24, 2.45) is 5.41 Å². The predicted molar refractivity (Wildman–Crippen MR) is 75.9 cm³/mol. The van der Waals surface area contributed by atoms with Gasteiger partial charge in [-0.2, -0.15) is 0 Å². The van der Waals surface area contributed by atoms with Crippen molar-refractivity contribution in [2.45, 2.75) is 32.2 Å². The van der Waals surface area contributed by atoms with Gasteiger partial charge in [0.25, 0.3) is 0 Å². The number of benzene rings is 1. The lowest BCUT2D eigenvalue weighted by Gasteiger charge is -2.38. The van der Waals surface area contributed by atoms with Crippen LogP contribution in [-0.4, -0.2) is 28.2 Å². The molecule has 2 aliphatic rings. The number of hydrogen-bond acceptors (Lipinski definition) is 4. The van der Waals surface area contributed by atoms with Gasteiger partial charge in [-0.05, 0) is 43.4 Å². The molecule has 2 heterocycles. The van der Waals surface area contributed by atoms with Crippen LogP contribution in [0, 0.1) is 5.41 Å². The highest BCUT2D eigenvalue weighted by Gasteiger charge is 2.42. The molecule has 1 aliphatic heterocycles. The minimum absolute atomic E-state index is 0.623. The summed E-state index contributed by atoms with van der Waals surface area (Å²) >= 11 is 0. The maximum atomic E-state index is 5.79. The van der Waals surface area contributed by atoms with E-state index in [0.29, 0.717) is 11.3 Å². The van der Waals surface area contributed by atoms with E-state index in [4.69, 9.17) is 4.42 Å². The van der Waals surface area contributed by atoms with Gasteiger partial charge in [0.2, 0.25) is 11.8 Å². The zero-order valence-electron chi connectivity index (χ0n) is 11.6. The van der Waals surface area contributed by atoms with Crippen molar-refractivity contribution in [3.63, 3.8) is 0 Å². The van der Waals surface area contributed by atoms with Gasteiger partial charge in [-0.15, -0.1) is 10.2 Å². The van der Waals surface area contributed by atoms with Gasteiger partial charge in [0.15, 0.2) is 0 Å². The third-order valence-electron chi connectivity index (χ3n) is 4.78. The van der Waals surface area contributed by atoms with E-state index in [2.05, 4.69) is 15.1 Å². The molecule has 0 atom stereocenters. The first-order chi connectivity index (χ1) is 9.83. The van der Waals surface area contributed by atoms with E-state index < -0.39 is 0 Å². The number of nitrogens with zero attached hydrogens (tertiary/aromatic N) is 3. The van der Waals surface area contributed by atoms with Crippen LogP contribution in [0.15, 0.2) is 34.7 Å². The van der Waals surface area contributed by atoms with Crippen LogP contribution in [0.5, 0.6) is 0 Å². The maximum Gasteiger partial charge on any atom is 0.247 e.